The molecule has 0 aromatic carbocycles. The van der Waals surface area contributed by atoms with Crippen LogP contribution in [0.1, 0.15) is 284 Å². The van der Waals surface area contributed by atoms with Crippen LogP contribution in [0.3, 0.4) is 0 Å². The molecule has 72 heavy (non-hydrogen) atoms. The average molecular weight is 1000 g/mol. The number of ether oxygens (including phenoxy) is 3. The molecule has 0 radical (unpaired) electrons. The van der Waals surface area contributed by atoms with Crippen LogP contribution in [0, 0.1) is 0 Å². The van der Waals surface area contributed by atoms with Gasteiger partial charge in [0.25, 0.3) is 0 Å². The lowest BCUT2D eigenvalue weighted by Gasteiger charge is -2.18. The molecule has 0 saturated heterocycles. The van der Waals surface area contributed by atoms with Crippen LogP contribution in [0.4, 0.5) is 0 Å². The summed E-state index contributed by atoms with van der Waals surface area (Å²) in [6.07, 6.45) is 80.1. The van der Waals surface area contributed by atoms with Crippen molar-refractivity contribution in [2.45, 2.75) is 290 Å². The van der Waals surface area contributed by atoms with E-state index in [-0.39, 0.29) is 44.0 Å². The van der Waals surface area contributed by atoms with Gasteiger partial charge in [0, 0.05) is 19.3 Å². The monoisotopic (exact) mass is 1000 g/mol. The Morgan fingerprint density at radius 2 is 0.569 bits per heavy atom. The molecule has 0 heterocycles. The number of unbranched alkanes of at least 4 members (excludes halogenated alkanes) is 27. The van der Waals surface area contributed by atoms with Crippen molar-refractivity contribution in [1.29, 1.82) is 0 Å². The number of hydrogen-bond acceptors (Lipinski definition) is 6. The summed E-state index contributed by atoms with van der Waals surface area (Å²) in [7, 11) is 0. The van der Waals surface area contributed by atoms with E-state index in [4.69, 9.17) is 14.2 Å². The molecule has 0 aromatic heterocycles. The highest BCUT2D eigenvalue weighted by Crippen LogP contribution is 2.17. The van der Waals surface area contributed by atoms with E-state index in [1.54, 1.807) is 0 Å². The fourth-order valence-corrected chi connectivity index (χ4v) is 8.39. The second-order valence-electron chi connectivity index (χ2n) is 19.9. The van der Waals surface area contributed by atoms with Gasteiger partial charge in [-0.15, -0.1) is 0 Å². The third-order valence-electron chi connectivity index (χ3n) is 12.8. The highest BCUT2D eigenvalue weighted by molar-refractivity contribution is 5.71. The number of esters is 3. The minimum Gasteiger partial charge on any atom is -0.462 e. The lowest BCUT2D eigenvalue weighted by atomic mass is 10.0. The summed E-state index contributed by atoms with van der Waals surface area (Å²) in [4.78, 5) is 38.1. The highest BCUT2D eigenvalue weighted by Gasteiger charge is 2.19. The number of allylic oxidation sites excluding steroid dienone is 16. The largest absolute Gasteiger partial charge is 0.462 e. The number of carbonyl (C=O) groups is 3. The van der Waals surface area contributed by atoms with Crippen LogP contribution < -0.4 is 0 Å². The minimum absolute atomic E-state index is 0.108. The van der Waals surface area contributed by atoms with Gasteiger partial charge in [-0.2, -0.15) is 0 Å². The van der Waals surface area contributed by atoms with E-state index in [1.807, 2.05) is 6.08 Å². The van der Waals surface area contributed by atoms with Crippen molar-refractivity contribution in [3.8, 4) is 0 Å². The first kappa shape index (κ1) is 68.3. The van der Waals surface area contributed by atoms with Gasteiger partial charge in [0.2, 0.25) is 0 Å². The zero-order valence-electron chi connectivity index (χ0n) is 47.2. The summed E-state index contributed by atoms with van der Waals surface area (Å²) < 4.78 is 16.8. The lowest BCUT2D eigenvalue weighted by Crippen LogP contribution is -2.30. The molecule has 0 rings (SSSR count). The van der Waals surface area contributed by atoms with E-state index in [0.717, 1.165) is 103 Å². The van der Waals surface area contributed by atoms with E-state index in [1.165, 1.54) is 135 Å². The Labute approximate surface area is 445 Å². The molecule has 1 atom stereocenters. The Morgan fingerprint density at radius 3 is 0.931 bits per heavy atom. The van der Waals surface area contributed by atoms with Crippen LogP contribution in [-0.2, 0) is 28.6 Å². The first-order chi connectivity index (χ1) is 35.5. The Morgan fingerprint density at radius 1 is 0.292 bits per heavy atom. The first-order valence-corrected chi connectivity index (χ1v) is 30.2. The zero-order valence-corrected chi connectivity index (χ0v) is 47.2. The summed E-state index contributed by atoms with van der Waals surface area (Å²) in [6, 6.07) is 0. The first-order valence-electron chi connectivity index (χ1n) is 30.2. The van der Waals surface area contributed by atoms with Crippen LogP contribution in [0.5, 0.6) is 0 Å². The Bertz CT molecular complexity index is 1430. The Kier molecular flexibility index (Phi) is 56.8. The van der Waals surface area contributed by atoms with Crippen LogP contribution in [0.25, 0.3) is 0 Å². The summed E-state index contributed by atoms with van der Waals surface area (Å²) in [5, 5.41) is 0. The number of hydrogen-bond donors (Lipinski definition) is 0. The second kappa shape index (κ2) is 59.9. The van der Waals surface area contributed by atoms with Gasteiger partial charge in [-0.05, 0) is 83.5 Å². The second-order valence-corrected chi connectivity index (χ2v) is 19.9. The summed E-state index contributed by atoms with van der Waals surface area (Å²) in [5.41, 5.74) is 0. The highest BCUT2D eigenvalue weighted by atomic mass is 16.6. The molecule has 0 bridgehead atoms. The van der Waals surface area contributed by atoms with E-state index >= 15 is 0 Å². The summed E-state index contributed by atoms with van der Waals surface area (Å²) in [5.74, 6) is -1.01. The lowest BCUT2D eigenvalue weighted by molar-refractivity contribution is -0.166. The Hall–Kier alpha value is -3.67. The standard InChI is InChI=1S/C66H112O6/c1-4-7-10-13-16-19-22-25-27-29-30-31-32-33-34-35-37-38-41-44-47-50-53-56-59-65(68)71-62-63(61-70-64(67)58-55-52-49-46-43-40-24-21-18-15-12-9-6-3)72-66(69)60-57-54-51-48-45-42-39-36-28-26-23-20-17-14-11-8-5-2/h8-9,11-12,17-18,20-21,26,28,39-40,42-43,49,52,63H,4-7,10,13-16,19,22-25,27,29-38,41,44-48,50-51,53-62H2,1-3H3/b11-8-,12-9-,20-17-,21-18-,28-26-,42-39-,43-40-,52-49-. The molecule has 0 aliphatic carbocycles. The van der Waals surface area contributed by atoms with Crippen LogP contribution in [0.2, 0.25) is 0 Å². The molecule has 0 saturated carbocycles. The third kappa shape index (κ3) is 57.2. The van der Waals surface area contributed by atoms with E-state index in [9.17, 15) is 14.4 Å². The fourth-order valence-electron chi connectivity index (χ4n) is 8.39. The third-order valence-corrected chi connectivity index (χ3v) is 12.8. The minimum atomic E-state index is -0.819. The maximum absolute atomic E-state index is 12.9. The van der Waals surface area contributed by atoms with Crippen molar-refractivity contribution < 1.29 is 28.6 Å². The van der Waals surface area contributed by atoms with Gasteiger partial charge >= 0.3 is 17.9 Å². The number of carbonyl (C=O) groups excluding carboxylic acids is 3. The molecule has 6 nitrogen and oxygen atoms in total. The van der Waals surface area contributed by atoms with Gasteiger partial charge in [-0.25, -0.2) is 0 Å². The topological polar surface area (TPSA) is 78.9 Å². The molecule has 0 N–H and O–H groups in total. The number of rotatable bonds is 54. The van der Waals surface area contributed by atoms with Crippen molar-refractivity contribution in [1.82, 2.24) is 0 Å². The average Bonchev–Trinajstić information content (AvgIpc) is 3.38. The summed E-state index contributed by atoms with van der Waals surface area (Å²) in [6.45, 7) is 6.35. The quantitative estimate of drug-likeness (QED) is 0.0261. The fraction of sp³-hybridized carbons (Fsp3) is 0.712. The maximum atomic E-state index is 12.9. The zero-order chi connectivity index (χ0) is 52.2. The smallest absolute Gasteiger partial charge is 0.306 e. The molecular weight excluding hydrogens is 889 g/mol. The maximum Gasteiger partial charge on any atom is 0.306 e. The van der Waals surface area contributed by atoms with Crippen LogP contribution in [-0.4, -0.2) is 37.2 Å². The molecular formula is C66H112O6. The SMILES string of the molecule is CC/C=C\C/C=C\C/C=C\C/C=C\CCCCCCC(=O)OC(COC(=O)CC/C=C\C/C=C\C/C=C\C/C=C\CC)COC(=O)CCCCCCCCCCCCCCCCCCCCCCCCCC. The van der Waals surface area contributed by atoms with Gasteiger partial charge in [0.15, 0.2) is 6.10 Å². The van der Waals surface area contributed by atoms with Gasteiger partial charge in [-0.1, -0.05) is 279 Å². The van der Waals surface area contributed by atoms with Gasteiger partial charge in [0.1, 0.15) is 13.2 Å². The molecule has 412 valence electrons. The molecule has 6 heteroatoms. The normalized spacial score (nSPS) is 12.8. The van der Waals surface area contributed by atoms with Crippen molar-refractivity contribution in [2.24, 2.45) is 0 Å². The van der Waals surface area contributed by atoms with Crippen LogP contribution >= 0.6 is 0 Å². The molecule has 1 unspecified atom stereocenters. The van der Waals surface area contributed by atoms with Gasteiger partial charge < -0.3 is 14.2 Å². The van der Waals surface area contributed by atoms with Crippen molar-refractivity contribution in [2.75, 3.05) is 13.2 Å². The van der Waals surface area contributed by atoms with Gasteiger partial charge in [0.05, 0.1) is 0 Å². The molecule has 0 fully saturated rings. The predicted octanol–water partition coefficient (Wildman–Crippen LogP) is 20.5. The van der Waals surface area contributed by atoms with Crippen molar-refractivity contribution >= 4 is 17.9 Å². The molecule has 0 aromatic rings. The van der Waals surface area contributed by atoms with E-state index in [2.05, 4.69) is 112 Å². The predicted molar refractivity (Wildman–Crippen MR) is 311 cm³/mol. The van der Waals surface area contributed by atoms with Crippen LogP contribution in [0.15, 0.2) is 97.2 Å². The molecule has 0 aliphatic rings. The van der Waals surface area contributed by atoms with E-state index < -0.39 is 6.10 Å². The molecule has 0 spiro atoms. The van der Waals surface area contributed by atoms with E-state index in [0.29, 0.717) is 12.8 Å². The van der Waals surface area contributed by atoms with Crippen molar-refractivity contribution in [3.63, 3.8) is 0 Å². The van der Waals surface area contributed by atoms with Gasteiger partial charge in [-0.3, -0.25) is 14.4 Å². The molecule has 0 aliphatic heterocycles. The Balaban J connectivity index is 4.36. The summed E-state index contributed by atoms with van der Waals surface area (Å²) >= 11 is 0. The van der Waals surface area contributed by atoms with Crippen molar-refractivity contribution in [3.05, 3.63) is 97.2 Å². The molecule has 0 amide bonds.